The molecule has 0 radical (unpaired) electrons. The van der Waals surface area contributed by atoms with Gasteiger partial charge in [0.1, 0.15) is 23.1 Å². The fourth-order valence-electron chi connectivity index (χ4n) is 3.29. The van der Waals surface area contributed by atoms with Gasteiger partial charge >= 0.3 is 0 Å². The van der Waals surface area contributed by atoms with Crippen LogP contribution >= 0.6 is 0 Å². The first-order valence-electron chi connectivity index (χ1n) is 8.75. The van der Waals surface area contributed by atoms with Crippen LogP contribution in [0.2, 0.25) is 0 Å². The number of hydrogen-bond acceptors (Lipinski definition) is 6. The zero-order valence-corrected chi connectivity index (χ0v) is 15.6. The number of carbonyl (C=O) groups is 2. The van der Waals surface area contributed by atoms with Crippen molar-refractivity contribution in [1.29, 1.82) is 0 Å². The smallest absolute Gasteiger partial charge is 0.223 e. The second-order valence-corrected chi connectivity index (χ2v) is 8.94. The van der Waals surface area contributed by atoms with Gasteiger partial charge in [0.15, 0.2) is 17.3 Å². The van der Waals surface area contributed by atoms with Gasteiger partial charge in [0.25, 0.3) is 0 Å². The van der Waals surface area contributed by atoms with Gasteiger partial charge in [-0.05, 0) is 25.0 Å². The molecule has 0 atom stereocenters. The molecule has 2 heterocycles. The highest BCUT2D eigenvalue weighted by molar-refractivity contribution is 7.91. The van der Waals surface area contributed by atoms with Crippen molar-refractivity contribution in [2.24, 2.45) is 0 Å². The van der Waals surface area contributed by atoms with Gasteiger partial charge in [-0.2, -0.15) is 0 Å². The standard InChI is InChI=1S/C18H23NO6S/c1-19(13-7-11-26(22,23)12-8-13)17(21)6-5-15(20)14-3-2-4-16-18(14)25-10-9-24-16/h2-4,13H,5-12H2,1H3. The Morgan fingerprint density at radius 2 is 1.81 bits per heavy atom. The zero-order valence-electron chi connectivity index (χ0n) is 14.8. The Bertz CT molecular complexity index is 790. The molecule has 0 saturated carbocycles. The summed E-state index contributed by atoms with van der Waals surface area (Å²) in [7, 11) is -1.29. The number of para-hydroxylation sites is 1. The van der Waals surface area contributed by atoms with Gasteiger partial charge in [0.05, 0.1) is 17.1 Å². The molecule has 1 aromatic carbocycles. The average Bonchev–Trinajstić information content (AvgIpc) is 2.64. The van der Waals surface area contributed by atoms with Crippen LogP contribution in [0.4, 0.5) is 0 Å². The summed E-state index contributed by atoms with van der Waals surface area (Å²) in [6.45, 7) is 0.842. The van der Waals surface area contributed by atoms with Crippen LogP contribution < -0.4 is 9.47 Å². The van der Waals surface area contributed by atoms with E-state index in [-0.39, 0.29) is 42.1 Å². The second kappa shape index (κ2) is 7.65. The van der Waals surface area contributed by atoms with Crippen LogP contribution in [0.3, 0.4) is 0 Å². The largest absolute Gasteiger partial charge is 0.486 e. The monoisotopic (exact) mass is 381 g/mol. The molecule has 0 bridgehead atoms. The van der Waals surface area contributed by atoms with Crippen LogP contribution in [-0.4, -0.2) is 62.8 Å². The van der Waals surface area contributed by atoms with Crippen molar-refractivity contribution < 1.29 is 27.5 Å². The maximum atomic E-state index is 12.5. The lowest BCUT2D eigenvalue weighted by Crippen LogP contribution is -2.42. The van der Waals surface area contributed by atoms with Crippen molar-refractivity contribution in [3.8, 4) is 11.5 Å². The van der Waals surface area contributed by atoms with Crippen molar-refractivity contribution in [1.82, 2.24) is 4.90 Å². The highest BCUT2D eigenvalue weighted by Gasteiger charge is 2.29. The van der Waals surface area contributed by atoms with Crippen LogP contribution in [0.5, 0.6) is 11.5 Å². The number of amides is 1. The molecule has 26 heavy (non-hydrogen) atoms. The first-order valence-corrected chi connectivity index (χ1v) is 10.6. The number of nitrogens with zero attached hydrogens (tertiary/aromatic N) is 1. The minimum absolute atomic E-state index is 0.0774. The normalized spacial score (nSPS) is 19.0. The summed E-state index contributed by atoms with van der Waals surface area (Å²) in [5.41, 5.74) is 0.432. The topological polar surface area (TPSA) is 90.0 Å². The van der Waals surface area contributed by atoms with Gasteiger partial charge in [0, 0.05) is 25.9 Å². The number of rotatable bonds is 5. The molecule has 1 fully saturated rings. The highest BCUT2D eigenvalue weighted by atomic mass is 32.2. The summed E-state index contributed by atoms with van der Waals surface area (Å²) < 4.78 is 34.0. The lowest BCUT2D eigenvalue weighted by molar-refractivity contribution is -0.132. The Labute approximate surface area is 153 Å². The number of hydrogen-bond donors (Lipinski definition) is 0. The maximum Gasteiger partial charge on any atom is 0.223 e. The maximum absolute atomic E-state index is 12.5. The number of ether oxygens (including phenoxy) is 2. The summed E-state index contributed by atoms with van der Waals surface area (Å²) in [5, 5.41) is 0. The van der Waals surface area contributed by atoms with Crippen molar-refractivity contribution in [2.75, 3.05) is 31.8 Å². The lowest BCUT2D eigenvalue weighted by Gasteiger charge is -2.31. The van der Waals surface area contributed by atoms with Gasteiger partial charge in [-0.25, -0.2) is 8.42 Å². The molecular weight excluding hydrogens is 358 g/mol. The predicted octanol–water partition coefficient (Wildman–Crippen LogP) is 1.46. The number of carbonyl (C=O) groups excluding carboxylic acids is 2. The summed E-state index contributed by atoms with van der Waals surface area (Å²) >= 11 is 0. The molecule has 2 aliphatic rings. The van der Waals surface area contributed by atoms with Crippen LogP contribution in [0, 0.1) is 0 Å². The van der Waals surface area contributed by atoms with Crippen molar-refractivity contribution in [2.45, 2.75) is 31.7 Å². The SMILES string of the molecule is CN(C(=O)CCC(=O)c1cccc2c1OCCO2)C1CCS(=O)(=O)CC1. The van der Waals surface area contributed by atoms with Crippen molar-refractivity contribution in [3.05, 3.63) is 23.8 Å². The Morgan fingerprint density at radius 3 is 2.54 bits per heavy atom. The van der Waals surface area contributed by atoms with E-state index in [0.717, 1.165) is 0 Å². The number of ketones is 1. The van der Waals surface area contributed by atoms with Crippen LogP contribution in [0.1, 0.15) is 36.0 Å². The van der Waals surface area contributed by atoms with Gasteiger partial charge in [-0.3, -0.25) is 9.59 Å². The minimum atomic E-state index is -2.96. The predicted molar refractivity (Wildman–Crippen MR) is 95.4 cm³/mol. The third-order valence-corrected chi connectivity index (χ3v) is 6.61. The Balaban J connectivity index is 1.57. The van der Waals surface area contributed by atoms with E-state index in [9.17, 15) is 18.0 Å². The van der Waals surface area contributed by atoms with E-state index in [1.54, 1.807) is 30.1 Å². The van der Waals surface area contributed by atoms with E-state index in [0.29, 0.717) is 43.1 Å². The zero-order chi connectivity index (χ0) is 18.7. The lowest BCUT2D eigenvalue weighted by atomic mass is 10.0. The van der Waals surface area contributed by atoms with Gasteiger partial charge in [-0.1, -0.05) is 6.07 Å². The van der Waals surface area contributed by atoms with Crippen molar-refractivity contribution in [3.63, 3.8) is 0 Å². The van der Waals surface area contributed by atoms with E-state index < -0.39 is 9.84 Å². The Hall–Kier alpha value is -2.09. The summed E-state index contributed by atoms with van der Waals surface area (Å²) in [5.74, 6) is 0.907. The fourth-order valence-corrected chi connectivity index (χ4v) is 4.76. The molecule has 0 N–H and O–H groups in total. The highest BCUT2D eigenvalue weighted by Crippen LogP contribution is 2.34. The molecule has 7 nitrogen and oxygen atoms in total. The van der Waals surface area contributed by atoms with E-state index in [1.807, 2.05) is 0 Å². The molecule has 0 spiro atoms. The molecule has 0 aliphatic carbocycles. The van der Waals surface area contributed by atoms with Crippen molar-refractivity contribution >= 4 is 21.5 Å². The second-order valence-electron chi connectivity index (χ2n) is 6.64. The summed E-state index contributed by atoms with van der Waals surface area (Å²) in [6, 6.07) is 5.08. The number of Topliss-reactive ketones (excluding diaryl/α,β-unsaturated/α-hetero) is 1. The minimum Gasteiger partial charge on any atom is -0.486 e. The first-order chi connectivity index (χ1) is 12.4. The van der Waals surface area contributed by atoms with Crippen LogP contribution in [0.15, 0.2) is 18.2 Å². The molecule has 142 valence electrons. The Kier molecular flexibility index (Phi) is 5.50. The molecule has 0 aromatic heterocycles. The van der Waals surface area contributed by atoms with Crippen LogP contribution in [-0.2, 0) is 14.6 Å². The molecule has 1 saturated heterocycles. The molecule has 8 heteroatoms. The first kappa shape index (κ1) is 18.7. The average molecular weight is 381 g/mol. The number of benzene rings is 1. The van der Waals surface area contributed by atoms with Gasteiger partial charge in [0.2, 0.25) is 5.91 Å². The van der Waals surface area contributed by atoms with E-state index in [2.05, 4.69) is 0 Å². The molecular formula is C18H23NO6S. The Morgan fingerprint density at radius 1 is 1.12 bits per heavy atom. The van der Waals surface area contributed by atoms with E-state index >= 15 is 0 Å². The van der Waals surface area contributed by atoms with E-state index in [1.165, 1.54) is 0 Å². The van der Waals surface area contributed by atoms with E-state index in [4.69, 9.17) is 9.47 Å². The molecule has 1 aromatic rings. The quantitative estimate of drug-likeness (QED) is 0.717. The molecule has 0 unspecified atom stereocenters. The van der Waals surface area contributed by atoms with Crippen LogP contribution in [0.25, 0.3) is 0 Å². The molecule has 3 rings (SSSR count). The molecule has 2 aliphatic heterocycles. The summed E-state index contributed by atoms with van der Waals surface area (Å²) in [4.78, 5) is 26.5. The molecule has 1 amide bonds. The van der Waals surface area contributed by atoms with Gasteiger partial charge in [-0.15, -0.1) is 0 Å². The fraction of sp³-hybridized carbons (Fsp3) is 0.556. The third-order valence-electron chi connectivity index (χ3n) is 4.90. The summed E-state index contributed by atoms with van der Waals surface area (Å²) in [6.07, 6.45) is 1.07. The van der Waals surface area contributed by atoms with Gasteiger partial charge < -0.3 is 14.4 Å². The number of fused-ring (bicyclic) bond motifs is 1. The third kappa shape index (κ3) is 4.17. The number of sulfone groups is 1.